The zero-order valence-electron chi connectivity index (χ0n) is 11.4. The van der Waals surface area contributed by atoms with E-state index in [2.05, 4.69) is 20.2 Å². The molecule has 1 aliphatic heterocycles. The summed E-state index contributed by atoms with van der Waals surface area (Å²) in [6.07, 6.45) is 4.00. The summed E-state index contributed by atoms with van der Waals surface area (Å²) in [5.41, 5.74) is 5.91. The number of nitrogens with two attached hydrogens (primary N) is 1. The second-order valence-electron chi connectivity index (χ2n) is 4.96. The van der Waals surface area contributed by atoms with Gasteiger partial charge in [-0.3, -0.25) is 0 Å². The fourth-order valence-electron chi connectivity index (χ4n) is 2.21. The largest absolute Gasteiger partial charge is 0.393 e. The average Bonchev–Trinajstić information content (AvgIpc) is 2.46. The Morgan fingerprint density at radius 1 is 1.50 bits per heavy atom. The molecule has 1 saturated heterocycles. The molecule has 4 N–H and O–H groups in total. The van der Waals surface area contributed by atoms with Crippen molar-refractivity contribution in [3.8, 4) is 6.07 Å². The van der Waals surface area contributed by atoms with Crippen LogP contribution in [0, 0.1) is 11.3 Å². The van der Waals surface area contributed by atoms with Gasteiger partial charge in [0.2, 0.25) is 5.95 Å². The van der Waals surface area contributed by atoms with Gasteiger partial charge in [0.05, 0.1) is 12.3 Å². The number of likely N-dealkylation sites (tertiary alicyclic amines) is 1. The van der Waals surface area contributed by atoms with Crippen molar-refractivity contribution in [2.24, 2.45) is 0 Å². The number of hydrogen-bond acceptors (Lipinski definition) is 7. The summed E-state index contributed by atoms with van der Waals surface area (Å²) >= 11 is 0. The summed E-state index contributed by atoms with van der Waals surface area (Å²) < 4.78 is 0. The van der Waals surface area contributed by atoms with Crippen LogP contribution in [0.3, 0.4) is 0 Å². The Morgan fingerprint density at radius 3 is 2.90 bits per heavy atom. The molecule has 0 unspecified atom stereocenters. The molecule has 7 nitrogen and oxygen atoms in total. The van der Waals surface area contributed by atoms with E-state index < -0.39 is 0 Å². The third kappa shape index (κ3) is 4.05. The molecule has 0 aliphatic carbocycles. The molecule has 108 valence electrons. The molecule has 2 heterocycles. The predicted molar refractivity (Wildman–Crippen MR) is 75.9 cm³/mol. The topological polar surface area (TPSA) is 111 Å². The summed E-state index contributed by atoms with van der Waals surface area (Å²) in [6, 6.07) is 1.93. The van der Waals surface area contributed by atoms with E-state index in [-0.39, 0.29) is 11.9 Å². The Balaban J connectivity index is 1.68. The van der Waals surface area contributed by atoms with Gasteiger partial charge in [-0.1, -0.05) is 0 Å². The Labute approximate surface area is 118 Å². The van der Waals surface area contributed by atoms with Crippen LogP contribution in [-0.2, 0) is 0 Å². The fraction of sp³-hybridized carbons (Fsp3) is 0.615. The zero-order chi connectivity index (χ0) is 14.4. The van der Waals surface area contributed by atoms with Crippen molar-refractivity contribution in [2.45, 2.75) is 25.4 Å². The summed E-state index contributed by atoms with van der Waals surface area (Å²) in [5.74, 6) is 0.658. The number of nitrogen functional groups attached to an aromatic ring is 1. The summed E-state index contributed by atoms with van der Waals surface area (Å²) in [7, 11) is 0. The van der Waals surface area contributed by atoms with E-state index in [0.29, 0.717) is 11.5 Å². The van der Waals surface area contributed by atoms with Crippen LogP contribution in [0.2, 0.25) is 0 Å². The third-order valence-corrected chi connectivity index (χ3v) is 3.43. The van der Waals surface area contributed by atoms with Gasteiger partial charge in [-0.15, -0.1) is 0 Å². The highest BCUT2D eigenvalue weighted by Crippen LogP contribution is 2.11. The van der Waals surface area contributed by atoms with Gasteiger partial charge < -0.3 is 21.1 Å². The van der Waals surface area contributed by atoms with E-state index in [4.69, 9.17) is 11.0 Å². The normalized spacial score (nSPS) is 16.8. The standard InChI is InChI=1S/C13H20N6O/c14-8-10-9-17-13(18-12(10)15)16-4-1-5-19-6-2-11(20)3-7-19/h9,11,20H,1-7H2,(H3,15,16,17,18). The summed E-state index contributed by atoms with van der Waals surface area (Å²) in [4.78, 5) is 10.4. The molecule has 0 saturated carbocycles. The number of nitriles is 1. The molecule has 0 spiro atoms. The van der Waals surface area contributed by atoms with Gasteiger partial charge in [0, 0.05) is 19.6 Å². The van der Waals surface area contributed by atoms with Crippen molar-refractivity contribution in [2.75, 3.05) is 37.2 Å². The second-order valence-corrected chi connectivity index (χ2v) is 4.96. The Bertz CT molecular complexity index is 478. The lowest BCUT2D eigenvalue weighted by molar-refractivity contribution is 0.0825. The maximum atomic E-state index is 9.43. The molecule has 1 fully saturated rings. The van der Waals surface area contributed by atoms with E-state index in [9.17, 15) is 5.11 Å². The molecular formula is C13H20N6O. The van der Waals surface area contributed by atoms with Crippen LogP contribution in [0.1, 0.15) is 24.8 Å². The molecule has 7 heteroatoms. The first-order valence-corrected chi connectivity index (χ1v) is 6.86. The van der Waals surface area contributed by atoms with Gasteiger partial charge in [-0.2, -0.15) is 10.2 Å². The maximum Gasteiger partial charge on any atom is 0.224 e. The number of anilines is 2. The van der Waals surface area contributed by atoms with Gasteiger partial charge in [0.15, 0.2) is 0 Å². The number of aromatic nitrogens is 2. The van der Waals surface area contributed by atoms with Crippen LogP contribution in [0.4, 0.5) is 11.8 Å². The third-order valence-electron chi connectivity index (χ3n) is 3.43. The van der Waals surface area contributed by atoms with Crippen LogP contribution in [0.25, 0.3) is 0 Å². The minimum absolute atomic E-state index is 0.126. The van der Waals surface area contributed by atoms with Gasteiger partial charge in [0.1, 0.15) is 17.5 Å². The number of aliphatic hydroxyl groups is 1. The van der Waals surface area contributed by atoms with Crippen LogP contribution in [-0.4, -0.2) is 52.3 Å². The first kappa shape index (κ1) is 14.5. The first-order valence-electron chi connectivity index (χ1n) is 6.86. The van der Waals surface area contributed by atoms with E-state index in [0.717, 1.165) is 45.4 Å². The zero-order valence-corrected chi connectivity index (χ0v) is 11.4. The SMILES string of the molecule is N#Cc1cnc(NCCCN2CCC(O)CC2)nc1N. The number of aliphatic hydroxyl groups excluding tert-OH is 1. The second kappa shape index (κ2) is 7.03. The smallest absolute Gasteiger partial charge is 0.224 e. The van der Waals surface area contributed by atoms with Crippen LogP contribution < -0.4 is 11.1 Å². The summed E-state index contributed by atoms with van der Waals surface area (Å²) in [5, 5.41) is 21.3. The van der Waals surface area contributed by atoms with E-state index in [1.165, 1.54) is 6.20 Å². The molecule has 2 rings (SSSR count). The maximum absolute atomic E-state index is 9.43. The molecule has 1 aliphatic rings. The lowest BCUT2D eigenvalue weighted by Gasteiger charge is -2.29. The highest BCUT2D eigenvalue weighted by molar-refractivity contribution is 5.49. The van der Waals surface area contributed by atoms with Crippen molar-refractivity contribution in [3.05, 3.63) is 11.8 Å². The minimum atomic E-state index is -0.126. The van der Waals surface area contributed by atoms with E-state index >= 15 is 0 Å². The molecule has 0 atom stereocenters. The van der Waals surface area contributed by atoms with Crippen LogP contribution in [0.5, 0.6) is 0 Å². The Kier molecular flexibility index (Phi) is 5.09. The molecule has 1 aromatic heterocycles. The highest BCUT2D eigenvalue weighted by atomic mass is 16.3. The lowest BCUT2D eigenvalue weighted by atomic mass is 10.1. The average molecular weight is 276 g/mol. The van der Waals surface area contributed by atoms with Crippen LogP contribution in [0.15, 0.2) is 6.20 Å². The highest BCUT2D eigenvalue weighted by Gasteiger charge is 2.15. The lowest BCUT2D eigenvalue weighted by Crippen LogP contribution is -2.36. The fourth-order valence-corrected chi connectivity index (χ4v) is 2.21. The number of hydrogen-bond donors (Lipinski definition) is 3. The number of piperidine rings is 1. The molecule has 20 heavy (non-hydrogen) atoms. The van der Waals surface area contributed by atoms with Gasteiger partial charge in [0.25, 0.3) is 0 Å². The summed E-state index contributed by atoms with van der Waals surface area (Å²) in [6.45, 7) is 3.67. The Hall–Kier alpha value is -1.91. The molecule has 0 aromatic carbocycles. The van der Waals surface area contributed by atoms with Gasteiger partial charge in [-0.05, 0) is 25.8 Å². The predicted octanol–water partition coefficient (Wildman–Crippen LogP) is 0.189. The van der Waals surface area contributed by atoms with Crippen molar-refractivity contribution in [1.82, 2.24) is 14.9 Å². The van der Waals surface area contributed by atoms with Crippen molar-refractivity contribution in [1.29, 1.82) is 5.26 Å². The molecular weight excluding hydrogens is 256 g/mol. The molecule has 0 bridgehead atoms. The van der Waals surface area contributed by atoms with E-state index in [1.807, 2.05) is 6.07 Å². The number of nitrogens with one attached hydrogen (secondary N) is 1. The Morgan fingerprint density at radius 2 is 2.25 bits per heavy atom. The number of nitrogens with zero attached hydrogens (tertiary/aromatic N) is 4. The van der Waals surface area contributed by atoms with Gasteiger partial charge >= 0.3 is 0 Å². The van der Waals surface area contributed by atoms with Crippen molar-refractivity contribution in [3.63, 3.8) is 0 Å². The molecule has 1 aromatic rings. The van der Waals surface area contributed by atoms with Gasteiger partial charge in [-0.25, -0.2) is 4.98 Å². The monoisotopic (exact) mass is 276 g/mol. The number of rotatable bonds is 5. The van der Waals surface area contributed by atoms with Crippen LogP contribution >= 0.6 is 0 Å². The van der Waals surface area contributed by atoms with Crippen molar-refractivity contribution >= 4 is 11.8 Å². The molecule has 0 radical (unpaired) electrons. The quantitative estimate of drug-likeness (QED) is 0.658. The molecule has 0 amide bonds. The minimum Gasteiger partial charge on any atom is -0.393 e. The first-order chi connectivity index (χ1) is 9.69. The van der Waals surface area contributed by atoms with Crippen molar-refractivity contribution < 1.29 is 5.11 Å². The van der Waals surface area contributed by atoms with E-state index in [1.54, 1.807) is 0 Å².